The zero-order valence-corrected chi connectivity index (χ0v) is 15.5. The Hall–Kier alpha value is -0.910. The lowest BCUT2D eigenvalue weighted by Crippen LogP contribution is -2.47. The molecule has 1 heterocycles. The molecule has 7 heteroatoms. The van der Waals surface area contributed by atoms with Crippen LogP contribution in [0.25, 0.3) is 0 Å². The number of hydrogen-bond acceptors (Lipinski definition) is 4. The van der Waals surface area contributed by atoms with Crippen molar-refractivity contribution in [1.29, 1.82) is 0 Å². The maximum Gasteiger partial charge on any atom is 0.329 e. The third kappa shape index (κ3) is 4.14. The molecule has 2 unspecified atom stereocenters. The molecular formula is C16H19Cl2NO3S. The van der Waals surface area contributed by atoms with E-state index in [4.69, 9.17) is 27.9 Å². The molecule has 1 aromatic carbocycles. The number of halogens is 2. The van der Waals surface area contributed by atoms with E-state index >= 15 is 0 Å². The van der Waals surface area contributed by atoms with Gasteiger partial charge in [-0.05, 0) is 31.0 Å². The van der Waals surface area contributed by atoms with E-state index in [1.165, 1.54) is 0 Å². The number of benzene rings is 1. The van der Waals surface area contributed by atoms with E-state index in [9.17, 15) is 9.59 Å². The zero-order chi connectivity index (χ0) is 17.1. The first-order valence-electron chi connectivity index (χ1n) is 7.42. The molecule has 126 valence electrons. The Morgan fingerprint density at radius 2 is 1.91 bits per heavy atom. The van der Waals surface area contributed by atoms with Crippen molar-refractivity contribution in [2.24, 2.45) is 5.92 Å². The summed E-state index contributed by atoms with van der Waals surface area (Å²) in [5, 5.41) is 0.692. The summed E-state index contributed by atoms with van der Waals surface area (Å²) in [5.41, 5.74) is 0.380. The Kier molecular flexibility index (Phi) is 6.23. The second-order valence-electron chi connectivity index (χ2n) is 5.61. The fourth-order valence-electron chi connectivity index (χ4n) is 2.54. The van der Waals surface area contributed by atoms with E-state index in [0.717, 1.165) is 0 Å². The van der Waals surface area contributed by atoms with Gasteiger partial charge in [0.15, 0.2) is 0 Å². The number of ether oxygens (including phenoxy) is 1. The number of carbonyl (C=O) groups excluding carboxylic acids is 2. The van der Waals surface area contributed by atoms with Gasteiger partial charge in [-0.3, -0.25) is 4.79 Å². The van der Waals surface area contributed by atoms with Crippen LogP contribution in [0.15, 0.2) is 18.2 Å². The van der Waals surface area contributed by atoms with E-state index in [1.807, 2.05) is 13.8 Å². The van der Waals surface area contributed by atoms with Crippen LogP contribution in [0.1, 0.15) is 31.1 Å². The molecule has 2 rings (SSSR count). The highest BCUT2D eigenvalue weighted by atomic mass is 35.5. The van der Waals surface area contributed by atoms with Crippen LogP contribution in [0.2, 0.25) is 10.0 Å². The van der Waals surface area contributed by atoms with Gasteiger partial charge in [0.25, 0.3) is 5.91 Å². The lowest BCUT2D eigenvalue weighted by Gasteiger charge is -2.30. The number of amides is 1. The topological polar surface area (TPSA) is 46.6 Å². The summed E-state index contributed by atoms with van der Waals surface area (Å²) in [5.74, 6) is 0.112. The van der Waals surface area contributed by atoms with Crippen LogP contribution >= 0.6 is 35.0 Å². The Bertz CT molecular complexity index is 589. The van der Waals surface area contributed by atoms with Crippen molar-refractivity contribution in [2.75, 3.05) is 12.4 Å². The summed E-state index contributed by atoms with van der Waals surface area (Å²) in [6, 6.07) is 4.12. The molecule has 23 heavy (non-hydrogen) atoms. The predicted molar refractivity (Wildman–Crippen MR) is 94.1 cm³/mol. The SMILES string of the molecule is CCOC(=O)C1CSC(C(C)C)N1C(=O)c1cc(Cl)cc(Cl)c1. The van der Waals surface area contributed by atoms with Crippen LogP contribution in [0.4, 0.5) is 0 Å². The van der Waals surface area contributed by atoms with E-state index in [1.54, 1.807) is 41.8 Å². The summed E-state index contributed by atoms with van der Waals surface area (Å²) in [7, 11) is 0. The van der Waals surface area contributed by atoms with Crippen LogP contribution in [-0.2, 0) is 9.53 Å². The lowest BCUT2D eigenvalue weighted by atomic mass is 10.1. The molecule has 2 atom stereocenters. The van der Waals surface area contributed by atoms with Crippen LogP contribution in [-0.4, -0.2) is 40.6 Å². The molecule has 0 N–H and O–H groups in total. The van der Waals surface area contributed by atoms with Crippen molar-refractivity contribution < 1.29 is 14.3 Å². The largest absolute Gasteiger partial charge is 0.464 e. The average molecular weight is 376 g/mol. The summed E-state index contributed by atoms with van der Waals surface area (Å²) in [4.78, 5) is 26.8. The monoisotopic (exact) mass is 375 g/mol. The van der Waals surface area contributed by atoms with Crippen LogP contribution in [0.3, 0.4) is 0 Å². The van der Waals surface area contributed by atoms with Gasteiger partial charge in [0.05, 0.1) is 12.0 Å². The van der Waals surface area contributed by atoms with Gasteiger partial charge in [-0.2, -0.15) is 0 Å². The highest BCUT2D eigenvalue weighted by molar-refractivity contribution is 8.00. The van der Waals surface area contributed by atoms with E-state index in [0.29, 0.717) is 21.4 Å². The minimum absolute atomic E-state index is 0.0883. The molecule has 0 aliphatic carbocycles. The van der Waals surface area contributed by atoms with E-state index in [-0.39, 0.29) is 29.8 Å². The highest BCUT2D eigenvalue weighted by Gasteiger charge is 2.43. The van der Waals surface area contributed by atoms with Crippen molar-refractivity contribution in [2.45, 2.75) is 32.2 Å². The van der Waals surface area contributed by atoms with Crippen molar-refractivity contribution in [3.05, 3.63) is 33.8 Å². The molecule has 4 nitrogen and oxygen atoms in total. The number of hydrogen-bond donors (Lipinski definition) is 0. The molecule has 1 aromatic rings. The fourth-order valence-corrected chi connectivity index (χ4v) is 4.54. The zero-order valence-electron chi connectivity index (χ0n) is 13.2. The van der Waals surface area contributed by atoms with Gasteiger partial charge in [0.1, 0.15) is 6.04 Å². The molecule has 0 saturated carbocycles. The number of nitrogens with zero attached hydrogens (tertiary/aromatic N) is 1. The molecule has 0 spiro atoms. The first-order chi connectivity index (χ1) is 10.8. The maximum atomic E-state index is 13.0. The number of rotatable bonds is 4. The average Bonchev–Trinajstić information content (AvgIpc) is 2.90. The van der Waals surface area contributed by atoms with Gasteiger partial charge in [-0.15, -0.1) is 11.8 Å². The van der Waals surface area contributed by atoms with Gasteiger partial charge < -0.3 is 9.64 Å². The number of carbonyl (C=O) groups is 2. The molecule has 1 aliphatic heterocycles. The molecule has 0 radical (unpaired) electrons. The van der Waals surface area contributed by atoms with E-state index in [2.05, 4.69) is 0 Å². The Morgan fingerprint density at radius 3 is 2.43 bits per heavy atom. The summed E-state index contributed by atoms with van der Waals surface area (Å²) in [6.07, 6.45) is 0. The molecule has 0 aromatic heterocycles. The van der Waals surface area contributed by atoms with Crippen LogP contribution in [0, 0.1) is 5.92 Å². The number of thioether (sulfide) groups is 1. The number of esters is 1. The third-order valence-electron chi connectivity index (χ3n) is 3.51. The van der Waals surface area contributed by atoms with Gasteiger partial charge in [0, 0.05) is 21.4 Å². The van der Waals surface area contributed by atoms with Crippen molar-refractivity contribution in [3.63, 3.8) is 0 Å². The van der Waals surface area contributed by atoms with Crippen LogP contribution in [0.5, 0.6) is 0 Å². The first-order valence-corrected chi connectivity index (χ1v) is 9.22. The van der Waals surface area contributed by atoms with Crippen LogP contribution < -0.4 is 0 Å². The second-order valence-corrected chi connectivity index (χ2v) is 7.63. The van der Waals surface area contributed by atoms with Gasteiger partial charge in [-0.1, -0.05) is 37.0 Å². The van der Waals surface area contributed by atoms with Crippen molar-refractivity contribution >= 4 is 46.8 Å². The van der Waals surface area contributed by atoms with E-state index < -0.39 is 6.04 Å². The Balaban J connectivity index is 2.36. The Labute approximate surface area is 150 Å². The fraction of sp³-hybridized carbons (Fsp3) is 0.500. The lowest BCUT2D eigenvalue weighted by molar-refractivity contribution is -0.147. The molecule has 1 aliphatic rings. The minimum atomic E-state index is -0.586. The molecule has 1 amide bonds. The van der Waals surface area contributed by atoms with Crippen molar-refractivity contribution in [3.8, 4) is 0 Å². The van der Waals surface area contributed by atoms with Gasteiger partial charge in [0.2, 0.25) is 0 Å². The minimum Gasteiger partial charge on any atom is -0.464 e. The summed E-state index contributed by atoms with van der Waals surface area (Å²) in [6.45, 7) is 6.09. The standard InChI is InChI=1S/C16H19Cl2NO3S/c1-4-22-16(21)13-8-23-15(9(2)3)19(13)14(20)10-5-11(17)7-12(18)6-10/h5-7,9,13,15H,4,8H2,1-3H3. The van der Waals surface area contributed by atoms with Crippen molar-refractivity contribution in [1.82, 2.24) is 4.90 Å². The normalized spacial score (nSPS) is 20.9. The highest BCUT2D eigenvalue weighted by Crippen LogP contribution is 2.36. The predicted octanol–water partition coefficient (Wildman–Crippen LogP) is 4.10. The molecule has 1 fully saturated rings. The third-order valence-corrected chi connectivity index (χ3v) is 5.57. The quantitative estimate of drug-likeness (QED) is 0.743. The summed E-state index contributed by atoms with van der Waals surface area (Å²) >= 11 is 13.6. The molecule has 0 bridgehead atoms. The first kappa shape index (κ1) is 18.4. The maximum absolute atomic E-state index is 13.0. The molecule has 1 saturated heterocycles. The second kappa shape index (κ2) is 7.77. The summed E-state index contributed by atoms with van der Waals surface area (Å²) < 4.78 is 5.12. The van der Waals surface area contributed by atoms with Gasteiger partial charge >= 0.3 is 5.97 Å². The Morgan fingerprint density at radius 1 is 1.30 bits per heavy atom. The molecular weight excluding hydrogens is 357 g/mol. The smallest absolute Gasteiger partial charge is 0.329 e. The van der Waals surface area contributed by atoms with Gasteiger partial charge in [-0.25, -0.2) is 4.79 Å².